The minimum absolute atomic E-state index is 0.734. The van der Waals surface area contributed by atoms with Crippen molar-refractivity contribution in [1.82, 2.24) is 10.3 Å². The summed E-state index contributed by atoms with van der Waals surface area (Å²) in [5.74, 6) is 0. The van der Waals surface area contributed by atoms with Crippen LogP contribution in [-0.2, 0) is 11.3 Å². The molecule has 1 heterocycles. The third kappa shape index (κ3) is 3.73. The summed E-state index contributed by atoms with van der Waals surface area (Å²) in [6.07, 6.45) is 0. The molecule has 1 aromatic rings. The van der Waals surface area contributed by atoms with Crippen molar-refractivity contribution in [3.05, 3.63) is 10.6 Å². The quantitative estimate of drug-likeness (QED) is 0.790. The number of anilines is 1. The van der Waals surface area contributed by atoms with Crippen LogP contribution in [0.4, 0.5) is 5.13 Å². The molecule has 0 aromatic carbocycles. The lowest BCUT2D eigenvalue weighted by Gasteiger charge is -2.14. The highest BCUT2D eigenvalue weighted by atomic mass is 32.1. The van der Waals surface area contributed by atoms with Crippen LogP contribution in [0.5, 0.6) is 0 Å². The van der Waals surface area contributed by atoms with Gasteiger partial charge in [-0.3, -0.25) is 0 Å². The lowest BCUT2D eigenvalue weighted by atomic mass is 10.4. The molecule has 5 heteroatoms. The number of rotatable bonds is 7. The molecule has 0 spiro atoms. The Hall–Kier alpha value is -0.650. The van der Waals surface area contributed by atoms with Crippen molar-refractivity contribution >= 4 is 16.5 Å². The molecular formula is C11H21N3OS. The van der Waals surface area contributed by atoms with Gasteiger partial charge in [0.15, 0.2) is 5.13 Å². The molecule has 0 amide bonds. The van der Waals surface area contributed by atoms with Crippen molar-refractivity contribution in [2.24, 2.45) is 0 Å². The summed E-state index contributed by atoms with van der Waals surface area (Å²) in [6.45, 7) is 7.70. The van der Waals surface area contributed by atoms with Gasteiger partial charge in [0, 0.05) is 32.1 Å². The third-order valence-corrected chi connectivity index (χ3v) is 3.65. The van der Waals surface area contributed by atoms with Crippen LogP contribution in [-0.4, -0.2) is 38.8 Å². The number of likely N-dealkylation sites (N-methyl/N-ethyl adjacent to an activating group) is 1. The first-order chi connectivity index (χ1) is 7.69. The number of methoxy groups -OCH3 is 1. The highest BCUT2D eigenvalue weighted by molar-refractivity contribution is 7.15. The molecule has 16 heavy (non-hydrogen) atoms. The van der Waals surface area contributed by atoms with Gasteiger partial charge in [0.2, 0.25) is 0 Å². The standard InChI is InChI=1S/C11H21N3OS/c1-5-12-8-10-9(2)13-11(16-10)14(3)6-7-15-4/h12H,5-8H2,1-4H3. The highest BCUT2D eigenvalue weighted by Crippen LogP contribution is 2.24. The molecule has 0 aliphatic rings. The molecule has 0 aliphatic carbocycles. The van der Waals surface area contributed by atoms with Gasteiger partial charge in [-0.25, -0.2) is 4.98 Å². The van der Waals surface area contributed by atoms with Crippen LogP contribution < -0.4 is 10.2 Å². The Morgan fingerprint density at radius 2 is 2.25 bits per heavy atom. The van der Waals surface area contributed by atoms with Crippen LogP contribution >= 0.6 is 11.3 Å². The molecule has 0 saturated heterocycles. The summed E-state index contributed by atoms with van der Waals surface area (Å²) in [6, 6.07) is 0. The van der Waals surface area contributed by atoms with Crippen molar-refractivity contribution in [2.45, 2.75) is 20.4 Å². The Balaban J connectivity index is 2.60. The summed E-state index contributed by atoms with van der Waals surface area (Å²) in [5, 5.41) is 4.40. The number of hydrogen-bond donors (Lipinski definition) is 1. The molecule has 0 radical (unpaired) electrons. The predicted molar refractivity (Wildman–Crippen MR) is 69.4 cm³/mol. The van der Waals surface area contributed by atoms with Gasteiger partial charge in [0.25, 0.3) is 0 Å². The van der Waals surface area contributed by atoms with E-state index in [0.29, 0.717) is 0 Å². The summed E-state index contributed by atoms with van der Waals surface area (Å²) in [4.78, 5) is 8.02. The van der Waals surface area contributed by atoms with E-state index >= 15 is 0 Å². The normalized spacial score (nSPS) is 10.8. The summed E-state index contributed by atoms with van der Waals surface area (Å²) >= 11 is 1.75. The summed E-state index contributed by atoms with van der Waals surface area (Å²) in [5.41, 5.74) is 1.13. The number of aromatic nitrogens is 1. The van der Waals surface area contributed by atoms with E-state index in [1.165, 1.54) is 4.88 Å². The SMILES string of the molecule is CCNCc1sc(N(C)CCOC)nc1C. The number of ether oxygens (including phenoxy) is 1. The Kier molecular flexibility index (Phi) is 5.73. The topological polar surface area (TPSA) is 37.4 Å². The van der Waals surface area contributed by atoms with Crippen molar-refractivity contribution in [1.29, 1.82) is 0 Å². The zero-order chi connectivity index (χ0) is 12.0. The maximum Gasteiger partial charge on any atom is 0.185 e. The maximum absolute atomic E-state index is 5.06. The molecule has 92 valence electrons. The van der Waals surface area contributed by atoms with Gasteiger partial charge in [0.1, 0.15) is 0 Å². The molecule has 4 nitrogen and oxygen atoms in total. The van der Waals surface area contributed by atoms with Crippen LogP contribution in [0.2, 0.25) is 0 Å². The van der Waals surface area contributed by atoms with Crippen LogP contribution in [0.1, 0.15) is 17.5 Å². The van der Waals surface area contributed by atoms with Gasteiger partial charge in [0.05, 0.1) is 12.3 Å². The Labute approximate surface area is 102 Å². The summed E-state index contributed by atoms with van der Waals surface area (Å²) in [7, 11) is 3.77. The molecule has 0 saturated carbocycles. The Bertz CT molecular complexity index is 314. The van der Waals surface area contributed by atoms with E-state index in [0.717, 1.165) is 37.1 Å². The van der Waals surface area contributed by atoms with E-state index in [1.54, 1.807) is 18.4 Å². The minimum Gasteiger partial charge on any atom is -0.383 e. The van der Waals surface area contributed by atoms with Crippen LogP contribution in [0.25, 0.3) is 0 Å². The first kappa shape index (κ1) is 13.4. The Morgan fingerprint density at radius 1 is 1.50 bits per heavy atom. The molecule has 1 rings (SSSR count). The molecule has 0 unspecified atom stereocenters. The van der Waals surface area contributed by atoms with Crippen molar-refractivity contribution in [3.8, 4) is 0 Å². The van der Waals surface area contributed by atoms with Crippen LogP contribution in [0.15, 0.2) is 0 Å². The third-order valence-electron chi connectivity index (χ3n) is 2.37. The summed E-state index contributed by atoms with van der Waals surface area (Å²) < 4.78 is 5.06. The van der Waals surface area contributed by atoms with Gasteiger partial charge >= 0.3 is 0 Å². The lowest BCUT2D eigenvalue weighted by Crippen LogP contribution is -2.21. The monoisotopic (exact) mass is 243 g/mol. The predicted octanol–water partition coefficient (Wildman–Crippen LogP) is 1.64. The first-order valence-corrected chi connectivity index (χ1v) is 6.37. The van der Waals surface area contributed by atoms with Crippen molar-refractivity contribution in [2.75, 3.05) is 38.8 Å². The fourth-order valence-corrected chi connectivity index (χ4v) is 2.32. The van der Waals surface area contributed by atoms with E-state index in [1.807, 2.05) is 7.05 Å². The Morgan fingerprint density at radius 3 is 2.88 bits per heavy atom. The highest BCUT2D eigenvalue weighted by Gasteiger charge is 2.10. The molecule has 1 aromatic heterocycles. The number of aryl methyl sites for hydroxylation is 1. The lowest BCUT2D eigenvalue weighted by molar-refractivity contribution is 0.206. The molecule has 0 atom stereocenters. The number of nitrogens with one attached hydrogen (secondary N) is 1. The number of hydrogen-bond acceptors (Lipinski definition) is 5. The largest absolute Gasteiger partial charge is 0.383 e. The van der Waals surface area contributed by atoms with Crippen molar-refractivity contribution in [3.63, 3.8) is 0 Å². The van der Waals surface area contributed by atoms with Crippen LogP contribution in [0, 0.1) is 6.92 Å². The van der Waals surface area contributed by atoms with E-state index in [-0.39, 0.29) is 0 Å². The zero-order valence-electron chi connectivity index (χ0n) is 10.5. The van der Waals surface area contributed by atoms with Gasteiger partial charge in [-0.2, -0.15) is 0 Å². The van der Waals surface area contributed by atoms with Crippen molar-refractivity contribution < 1.29 is 4.74 Å². The van der Waals surface area contributed by atoms with Gasteiger partial charge < -0.3 is 15.0 Å². The molecule has 0 fully saturated rings. The average Bonchev–Trinajstić information content (AvgIpc) is 2.65. The van der Waals surface area contributed by atoms with Gasteiger partial charge in [-0.05, 0) is 13.5 Å². The van der Waals surface area contributed by atoms with Gasteiger partial charge in [-0.1, -0.05) is 6.92 Å². The van der Waals surface area contributed by atoms with Gasteiger partial charge in [-0.15, -0.1) is 11.3 Å². The second-order valence-electron chi connectivity index (χ2n) is 3.70. The fraction of sp³-hybridized carbons (Fsp3) is 0.727. The molecule has 0 bridgehead atoms. The van der Waals surface area contributed by atoms with E-state index in [9.17, 15) is 0 Å². The minimum atomic E-state index is 0.734. The number of thiazole rings is 1. The second kappa shape index (κ2) is 6.83. The first-order valence-electron chi connectivity index (χ1n) is 5.56. The van der Waals surface area contributed by atoms with Crippen LogP contribution in [0.3, 0.4) is 0 Å². The van der Waals surface area contributed by atoms with E-state index < -0.39 is 0 Å². The smallest absolute Gasteiger partial charge is 0.185 e. The van der Waals surface area contributed by atoms with E-state index in [4.69, 9.17) is 4.74 Å². The zero-order valence-corrected chi connectivity index (χ0v) is 11.4. The average molecular weight is 243 g/mol. The number of nitrogens with zero attached hydrogens (tertiary/aromatic N) is 2. The maximum atomic E-state index is 5.06. The molecule has 0 aliphatic heterocycles. The van der Waals surface area contributed by atoms with E-state index in [2.05, 4.69) is 29.0 Å². The molecule has 1 N–H and O–H groups in total. The second-order valence-corrected chi connectivity index (χ2v) is 4.76. The molecular weight excluding hydrogens is 222 g/mol. The fourth-order valence-electron chi connectivity index (χ4n) is 1.30.